The molecule has 0 amide bonds. The van der Waals surface area contributed by atoms with Gasteiger partial charge in [-0.3, -0.25) is 0 Å². The molecular weight excluding hydrogens is 454 g/mol. The van der Waals surface area contributed by atoms with Crippen molar-refractivity contribution in [2.24, 2.45) is 0 Å². The number of aromatic amines is 1. The number of esters is 1. The number of hydrogen-bond donors (Lipinski definition) is 1. The summed E-state index contributed by atoms with van der Waals surface area (Å²) in [5, 5.41) is 3.41. The van der Waals surface area contributed by atoms with Crippen molar-refractivity contribution in [3.05, 3.63) is 76.4 Å². The minimum absolute atomic E-state index is 0.292. The van der Waals surface area contributed by atoms with Crippen molar-refractivity contribution in [2.75, 3.05) is 13.2 Å². The standard InChI is InChI=1S/C26H26BrNO3/c1-2-30-26(29)25-21(20-14-9-15-22(27)24(20)28-25)13-4-3-7-17-31-23-16-8-11-18-10-5-6-12-19(18)23/h5-6,8-12,14-16,28H,2-4,7,13,17H2,1H3. The average molecular weight is 480 g/mol. The largest absolute Gasteiger partial charge is 0.493 e. The van der Waals surface area contributed by atoms with Gasteiger partial charge in [0.15, 0.2) is 0 Å². The number of ether oxygens (including phenoxy) is 2. The fourth-order valence-corrected chi connectivity index (χ4v) is 4.42. The third-order valence-electron chi connectivity index (χ3n) is 5.45. The van der Waals surface area contributed by atoms with E-state index < -0.39 is 0 Å². The Morgan fingerprint density at radius 3 is 2.58 bits per heavy atom. The summed E-state index contributed by atoms with van der Waals surface area (Å²) < 4.78 is 12.3. The maximum atomic E-state index is 12.5. The van der Waals surface area contributed by atoms with Crippen LogP contribution in [0.3, 0.4) is 0 Å². The molecule has 0 bridgehead atoms. The van der Waals surface area contributed by atoms with Crippen molar-refractivity contribution in [2.45, 2.75) is 32.6 Å². The number of halogens is 1. The molecule has 1 aromatic heterocycles. The Hall–Kier alpha value is -2.79. The summed E-state index contributed by atoms with van der Waals surface area (Å²) in [5.74, 6) is 0.643. The zero-order valence-electron chi connectivity index (χ0n) is 17.6. The molecule has 0 aliphatic heterocycles. The second-order valence-corrected chi connectivity index (χ2v) is 8.35. The highest BCUT2D eigenvalue weighted by Gasteiger charge is 2.19. The van der Waals surface area contributed by atoms with Gasteiger partial charge >= 0.3 is 5.97 Å². The second kappa shape index (κ2) is 10.0. The van der Waals surface area contributed by atoms with E-state index in [2.05, 4.69) is 45.2 Å². The van der Waals surface area contributed by atoms with Gasteiger partial charge in [-0.25, -0.2) is 4.79 Å². The molecule has 0 atom stereocenters. The SMILES string of the molecule is CCOC(=O)c1[nH]c2c(Br)cccc2c1CCCCCOc1cccc2ccccc12. The maximum Gasteiger partial charge on any atom is 0.355 e. The molecule has 0 saturated carbocycles. The number of para-hydroxylation sites is 1. The van der Waals surface area contributed by atoms with Gasteiger partial charge in [0.1, 0.15) is 11.4 Å². The van der Waals surface area contributed by atoms with Gasteiger partial charge in [-0.05, 0) is 71.6 Å². The van der Waals surface area contributed by atoms with Crippen LogP contribution in [0, 0.1) is 0 Å². The van der Waals surface area contributed by atoms with Gasteiger partial charge in [-0.2, -0.15) is 0 Å². The van der Waals surface area contributed by atoms with Crippen LogP contribution in [0.15, 0.2) is 65.1 Å². The summed E-state index contributed by atoms with van der Waals surface area (Å²) in [7, 11) is 0. The van der Waals surface area contributed by atoms with Crippen molar-refractivity contribution < 1.29 is 14.3 Å². The molecule has 4 nitrogen and oxygen atoms in total. The normalized spacial score (nSPS) is 11.2. The fourth-order valence-electron chi connectivity index (χ4n) is 3.96. The van der Waals surface area contributed by atoms with E-state index >= 15 is 0 Å². The first-order valence-electron chi connectivity index (χ1n) is 10.8. The third-order valence-corrected chi connectivity index (χ3v) is 6.11. The molecule has 0 saturated heterocycles. The average Bonchev–Trinajstić information content (AvgIpc) is 3.16. The molecule has 0 radical (unpaired) electrons. The Morgan fingerprint density at radius 2 is 1.71 bits per heavy atom. The number of carbonyl (C=O) groups is 1. The predicted octanol–water partition coefficient (Wildman–Crippen LogP) is 7.05. The maximum absolute atomic E-state index is 12.5. The van der Waals surface area contributed by atoms with Crippen LogP contribution in [-0.2, 0) is 11.2 Å². The van der Waals surface area contributed by atoms with Crippen LogP contribution in [0.2, 0.25) is 0 Å². The summed E-state index contributed by atoms with van der Waals surface area (Å²) >= 11 is 3.57. The molecule has 4 aromatic rings. The first kappa shape index (κ1) is 21.4. The lowest BCUT2D eigenvalue weighted by atomic mass is 10.0. The first-order chi connectivity index (χ1) is 15.2. The van der Waals surface area contributed by atoms with Crippen molar-refractivity contribution >= 4 is 43.6 Å². The van der Waals surface area contributed by atoms with Crippen molar-refractivity contribution in [1.82, 2.24) is 4.98 Å². The van der Waals surface area contributed by atoms with Crippen LogP contribution in [0.5, 0.6) is 5.75 Å². The summed E-state index contributed by atoms with van der Waals surface area (Å²) in [4.78, 5) is 15.7. The number of rotatable bonds is 9. The first-order valence-corrected chi connectivity index (χ1v) is 11.5. The Kier molecular flexibility index (Phi) is 6.92. The van der Waals surface area contributed by atoms with Crippen molar-refractivity contribution in [3.63, 3.8) is 0 Å². The number of nitrogens with one attached hydrogen (secondary N) is 1. The molecule has 0 spiro atoms. The van der Waals surface area contributed by atoms with E-state index in [-0.39, 0.29) is 5.97 Å². The Bertz CT molecular complexity index is 1190. The Labute approximate surface area is 190 Å². The molecule has 5 heteroatoms. The minimum atomic E-state index is -0.292. The van der Waals surface area contributed by atoms with E-state index in [9.17, 15) is 4.79 Å². The van der Waals surface area contributed by atoms with Gasteiger partial charge in [0.25, 0.3) is 0 Å². The lowest BCUT2D eigenvalue weighted by molar-refractivity contribution is 0.0519. The van der Waals surface area contributed by atoms with Crippen molar-refractivity contribution in [1.29, 1.82) is 0 Å². The molecule has 0 fully saturated rings. The minimum Gasteiger partial charge on any atom is -0.493 e. The summed E-state index contributed by atoms with van der Waals surface area (Å²) in [6.45, 7) is 2.87. The fraction of sp³-hybridized carbons (Fsp3) is 0.269. The number of unbranched alkanes of at least 4 members (excludes halogenated alkanes) is 2. The van der Waals surface area contributed by atoms with E-state index in [0.717, 1.165) is 57.8 Å². The molecule has 4 rings (SSSR count). The molecule has 1 N–H and O–H groups in total. The molecule has 0 aliphatic rings. The van der Waals surface area contributed by atoms with E-state index in [4.69, 9.17) is 9.47 Å². The van der Waals surface area contributed by atoms with Gasteiger partial charge in [0, 0.05) is 15.2 Å². The highest BCUT2D eigenvalue weighted by molar-refractivity contribution is 9.10. The van der Waals surface area contributed by atoms with Gasteiger partial charge in [0.2, 0.25) is 0 Å². The monoisotopic (exact) mass is 479 g/mol. The highest BCUT2D eigenvalue weighted by atomic mass is 79.9. The number of carbonyl (C=O) groups excluding carboxylic acids is 1. The van der Waals surface area contributed by atoms with Crippen molar-refractivity contribution in [3.8, 4) is 5.75 Å². The van der Waals surface area contributed by atoms with E-state index in [1.54, 1.807) is 0 Å². The van der Waals surface area contributed by atoms with Crippen LogP contribution in [-0.4, -0.2) is 24.2 Å². The Balaban J connectivity index is 1.37. The van der Waals surface area contributed by atoms with Crippen LogP contribution < -0.4 is 4.74 Å². The highest BCUT2D eigenvalue weighted by Crippen LogP contribution is 2.30. The van der Waals surface area contributed by atoms with E-state index in [0.29, 0.717) is 18.9 Å². The third kappa shape index (κ3) is 4.77. The Morgan fingerprint density at radius 1 is 0.935 bits per heavy atom. The van der Waals surface area contributed by atoms with Crippen LogP contribution >= 0.6 is 15.9 Å². The van der Waals surface area contributed by atoms with Gasteiger partial charge in [0.05, 0.1) is 18.7 Å². The molecule has 1 heterocycles. The lowest BCUT2D eigenvalue weighted by Gasteiger charge is -2.09. The van der Waals surface area contributed by atoms with Gasteiger partial charge in [-0.1, -0.05) is 48.5 Å². The molecule has 3 aromatic carbocycles. The number of fused-ring (bicyclic) bond motifs is 2. The van der Waals surface area contributed by atoms with E-state index in [1.165, 1.54) is 5.39 Å². The molecule has 0 aliphatic carbocycles. The molecular formula is C26H26BrNO3. The molecule has 0 unspecified atom stereocenters. The zero-order valence-corrected chi connectivity index (χ0v) is 19.2. The molecule has 160 valence electrons. The predicted molar refractivity (Wildman–Crippen MR) is 129 cm³/mol. The number of H-pyrrole nitrogens is 1. The number of hydrogen-bond acceptors (Lipinski definition) is 3. The molecule has 31 heavy (non-hydrogen) atoms. The van der Waals surface area contributed by atoms with Crippen LogP contribution in [0.4, 0.5) is 0 Å². The summed E-state index contributed by atoms with van der Waals surface area (Å²) in [6, 6.07) is 20.5. The number of aryl methyl sites for hydroxylation is 1. The number of aromatic nitrogens is 1. The van der Waals surface area contributed by atoms with Crippen LogP contribution in [0.25, 0.3) is 21.7 Å². The second-order valence-electron chi connectivity index (χ2n) is 7.50. The summed E-state index contributed by atoms with van der Waals surface area (Å²) in [5.41, 5.74) is 2.54. The quantitative estimate of drug-likeness (QED) is 0.206. The number of benzene rings is 3. The smallest absolute Gasteiger partial charge is 0.355 e. The zero-order chi connectivity index (χ0) is 21.6. The van der Waals surface area contributed by atoms with E-state index in [1.807, 2.05) is 43.3 Å². The summed E-state index contributed by atoms with van der Waals surface area (Å²) in [6.07, 6.45) is 3.78. The lowest BCUT2D eigenvalue weighted by Crippen LogP contribution is -2.08. The topological polar surface area (TPSA) is 51.3 Å². The van der Waals surface area contributed by atoms with Gasteiger partial charge < -0.3 is 14.5 Å². The van der Waals surface area contributed by atoms with Gasteiger partial charge in [-0.15, -0.1) is 0 Å². The van der Waals surface area contributed by atoms with Crippen LogP contribution in [0.1, 0.15) is 42.2 Å².